The molecule has 7 heteroatoms. The number of methoxy groups -OCH3 is 1. The highest BCUT2D eigenvalue weighted by Crippen LogP contribution is 2.37. The quantitative estimate of drug-likeness (QED) is 0.515. The van der Waals surface area contributed by atoms with Gasteiger partial charge in [-0.25, -0.2) is 4.39 Å². The predicted octanol–water partition coefficient (Wildman–Crippen LogP) is 5.40. The highest BCUT2D eigenvalue weighted by molar-refractivity contribution is 9.10. The van der Waals surface area contributed by atoms with Crippen molar-refractivity contribution in [2.75, 3.05) is 26.7 Å². The van der Waals surface area contributed by atoms with Gasteiger partial charge < -0.3 is 14.8 Å². The van der Waals surface area contributed by atoms with Crippen LogP contribution in [0.25, 0.3) is 0 Å². The van der Waals surface area contributed by atoms with Gasteiger partial charge in [-0.15, -0.1) is 0 Å². The molecule has 1 aliphatic heterocycles. The molecular weight excluding hydrogens is 459 g/mol. The van der Waals surface area contributed by atoms with E-state index in [1.54, 1.807) is 13.2 Å². The molecule has 158 valence electrons. The largest absolute Gasteiger partial charge is 0.493 e. The highest BCUT2D eigenvalue weighted by Gasteiger charge is 2.22. The number of halogens is 3. The van der Waals surface area contributed by atoms with Crippen LogP contribution in [0.1, 0.15) is 30.9 Å². The fourth-order valence-corrected chi connectivity index (χ4v) is 4.56. The molecule has 0 bridgehead atoms. The van der Waals surface area contributed by atoms with Crippen LogP contribution in [0.4, 0.5) is 4.39 Å². The fraction of sp³-hybridized carbons (Fsp3) is 0.455. The number of likely N-dealkylation sites (tertiary alicyclic amines) is 1. The first-order valence-electron chi connectivity index (χ1n) is 9.89. The average molecular weight is 486 g/mol. The van der Waals surface area contributed by atoms with Crippen molar-refractivity contribution < 1.29 is 13.9 Å². The third kappa shape index (κ3) is 5.85. The van der Waals surface area contributed by atoms with Gasteiger partial charge in [0.05, 0.1) is 16.6 Å². The van der Waals surface area contributed by atoms with Crippen LogP contribution in [0.2, 0.25) is 5.02 Å². The Morgan fingerprint density at radius 1 is 1.31 bits per heavy atom. The molecular formula is C22H27BrClFN2O2. The molecule has 0 aromatic heterocycles. The molecule has 1 atom stereocenters. The molecule has 1 aliphatic rings. The topological polar surface area (TPSA) is 33.7 Å². The van der Waals surface area contributed by atoms with E-state index >= 15 is 0 Å². The molecule has 1 unspecified atom stereocenters. The van der Waals surface area contributed by atoms with E-state index in [9.17, 15) is 4.39 Å². The summed E-state index contributed by atoms with van der Waals surface area (Å²) >= 11 is 9.68. The van der Waals surface area contributed by atoms with Gasteiger partial charge >= 0.3 is 0 Å². The minimum Gasteiger partial charge on any atom is -0.493 e. The van der Waals surface area contributed by atoms with E-state index in [0.717, 1.165) is 29.7 Å². The van der Waals surface area contributed by atoms with Crippen molar-refractivity contribution in [3.8, 4) is 11.5 Å². The Morgan fingerprint density at radius 2 is 2.14 bits per heavy atom. The second kappa shape index (κ2) is 10.6. The Kier molecular flexibility index (Phi) is 8.18. The standard InChI is InChI=1S/C22H27BrClFN2O2/c1-3-27-8-4-5-18(27)13-26-12-15-9-19(23)22(21(10-15)28-2)29-14-16-6-7-17(25)11-20(16)24/h6-7,9-11,18,26H,3-5,8,12-14H2,1-2H3. The molecule has 0 aliphatic carbocycles. The molecule has 1 heterocycles. The minimum absolute atomic E-state index is 0.222. The predicted molar refractivity (Wildman–Crippen MR) is 118 cm³/mol. The Bertz CT molecular complexity index is 837. The summed E-state index contributed by atoms with van der Waals surface area (Å²) in [5.41, 5.74) is 1.83. The average Bonchev–Trinajstić information content (AvgIpc) is 3.15. The maximum Gasteiger partial charge on any atom is 0.175 e. The van der Waals surface area contributed by atoms with Crippen LogP contribution >= 0.6 is 27.5 Å². The van der Waals surface area contributed by atoms with Gasteiger partial charge in [-0.3, -0.25) is 4.90 Å². The number of benzene rings is 2. The Labute approximate surface area is 185 Å². The van der Waals surface area contributed by atoms with Crippen LogP contribution < -0.4 is 14.8 Å². The van der Waals surface area contributed by atoms with E-state index in [4.69, 9.17) is 21.1 Å². The molecule has 1 N–H and O–H groups in total. The van der Waals surface area contributed by atoms with Crippen LogP contribution in [0, 0.1) is 5.82 Å². The monoisotopic (exact) mass is 484 g/mol. The SMILES string of the molecule is CCN1CCCC1CNCc1cc(Br)c(OCc2ccc(F)cc2Cl)c(OC)c1. The van der Waals surface area contributed by atoms with E-state index in [2.05, 4.69) is 33.1 Å². The summed E-state index contributed by atoms with van der Waals surface area (Å²) in [5, 5.41) is 3.91. The smallest absolute Gasteiger partial charge is 0.175 e. The first-order valence-corrected chi connectivity index (χ1v) is 11.1. The van der Waals surface area contributed by atoms with Crippen molar-refractivity contribution in [2.45, 2.75) is 39.0 Å². The van der Waals surface area contributed by atoms with Crippen LogP contribution in [0.5, 0.6) is 11.5 Å². The zero-order chi connectivity index (χ0) is 20.8. The zero-order valence-corrected chi connectivity index (χ0v) is 19.2. The number of likely N-dealkylation sites (N-methyl/N-ethyl adjacent to an activating group) is 1. The van der Waals surface area contributed by atoms with Gasteiger partial charge in [-0.05, 0) is 71.7 Å². The lowest BCUT2D eigenvalue weighted by Crippen LogP contribution is -2.37. The normalized spacial score (nSPS) is 16.9. The summed E-state index contributed by atoms with van der Waals surface area (Å²) in [6.45, 7) is 6.49. The summed E-state index contributed by atoms with van der Waals surface area (Å²) in [6, 6.07) is 8.91. The summed E-state index contributed by atoms with van der Waals surface area (Å²) < 4.78 is 25.5. The van der Waals surface area contributed by atoms with Gasteiger partial charge in [0.25, 0.3) is 0 Å². The molecule has 0 radical (unpaired) electrons. The Balaban J connectivity index is 1.62. The molecule has 4 nitrogen and oxygen atoms in total. The van der Waals surface area contributed by atoms with Crippen molar-refractivity contribution >= 4 is 27.5 Å². The Morgan fingerprint density at radius 3 is 2.86 bits per heavy atom. The van der Waals surface area contributed by atoms with Gasteiger partial charge in [0.15, 0.2) is 11.5 Å². The van der Waals surface area contributed by atoms with Crippen LogP contribution in [0.15, 0.2) is 34.8 Å². The number of nitrogens with one attached hydrogen (secondary N) is 1. The van der Waals surface area contributed by atoms with Crippen molar-refractivity contribution in [1.82, 2.24) is 10.2 Å². The van der Waals surface area contributed by atoms with Gasteiger partial charge in [-0.1, -0.05) is 24.6 Å². The molecule has 2 aromatic rings. The van der Waals surface area contributed by atoms with Crippen LogP contribution in [-0.4, -0.2) is 37.7 Å². The summed E-state index contributed by atoms with van der Waals surface area (Å²) in [7, 11) is 1.62. The van der Waals surface area contributed by atoms with E-state index in [-0.39, 0.29) is 12.4 Å². The van der Waals surface area contributed by atoms with Gasteiger partial charge in [-0.2, -0.15) is 0 Å². The lowest BCUT2D eigenvalue weighted by Gasteiger charge is -2.23. The van der Waals surface area contributed by atoms with Gasteiger partial charge in [0.2, 0.25) is 0 Å². The minimum atomic E-state index is -0.367. The molecule has 0 spiro atoms. The van der Waals surface area contributed by atoms with E-state index < -0.39 is 0 Å². The second-order valence-corrected chi connectivity index (χ2v) is 8.45. The van der Waals surface area contributed by atoms with Crippen molar-refractivity contribution in [3.63, 3.8) is 0 Å². The Hall–Kier alpha value is -1.34. The number of hydrogen-bond donors (Lipinski definition) is 1. The number of ether oxygens (including phenoxy) is 2. The summed E-state index contributed by atoms with van der Waals surface area (Å²) in [5.74, 6) is 0.879. The highest BCUT2D eigenvalue weighted by atomic mass is 79.9. The number of rotatable bonds is 9. The molecule has 1 saturated heterocycles. The van der Waals surface area contributed by atoms with Crippen molar-refractivity contribution in [1.29, 1.82) is 0 Å². The lowest BCUT2D eigenvalue weighted by atomic mass is 10.1. The second-order valence-electron chi connectivity index (χ2n) is 7.19. The molecule has 2 aromatic carbocycles. The van der Waals surface area contributed by atoms with E-state index in [1.165, 1.54) is 31.5 Å². The van der Waals surface area contributed by atoms with Gasteiger partial charge in [0.1, 0.15) is 12.4 Å². The van der Waals surface area contributed by atoms with Crippen LogP contribution in [0.3, 0.4) is 0 Å². The molecule has 1 fully saturated rings. The zero-order valence-electron chi connectivity index (χ0n) is 16.8. The summed E-state index contributed by atoms with van der Waals surface area (Å²) in [4.78, 5) is 2.53. The first kappa shape index (κ1) is 22.3. The maximum absolute atomic E-state index is 13.2. The molecule has 0 amide bonds. The first-order chi connectivity index (χ1) is 14.0. The third-order valence-corrected chi connectivity index (χ3v) is 6.23. The van der Waals surface area contributed by atoms with Gasteiger partial charge in [0, 0.05) is 24.7 Å². The van der Waals surface area contributed by atoms with E-state index in [0.29, 0.717) is 28.1 Å². The lowest BCUT2D eigenvalue weighted by molar-refractivity contribution is 0.259. The summed E-state index contributed by atoms with van der Waals surface area (Å²) in [6.07, 6.45) is 2.54. The number of hydrogen-bond acceptors (Lipinski definition) is 4. The van der Waals surface area contributed by atoms with Crippen LogP contribution in [-0.2, 0) is 13.2 Å². The molecule has 29 heavy (non-hydrogen) atoms. The third-order valence-electron chi connectivity index (χ3n) is 5.29. The molecule has 0 saturated carbocycles. The fourth-order valence-electron chi connectivity index (χ4n) is 3.73. The molecule has 3 rings (SSSR count). The van der Waals surface area contributed by atoms with Crippen molar-refractivity contribution in [2.24, 2.45) is 0 Å². The maximum atomic E-state index is 13.2. The van der Waals surface area contributed by atoms with Crippen molar-refractivity contribution in [3.05, 3.63) is 56.8 Å². The number of nitrogens with zero attached hydrogens (tertiary/aromatic N) is 1. The van der Waals surface area contributed by atoms with E-state index in [1.807, 2.05) is 12.1 Å².